The quantitative estimate of drug-likeness (QED) is 0.802. The number of Topliss-reactive ketones (excluding diaryl/α,β-unsaturated/α-hetero) is 1. The summed E-state index contributed by atoms with van der Waals surface area (Å²) in [6, 6.07) is 15.0. The van der Waals surface area contributed by atoms with E-state index in [4.69, 9.17) is 0 Å². The van der Waals surface area contributed by atoms with Crippen LogP contribution < -0.4 is 0 Å². The van der Waals surface area contributed by atoms with Crippen LogP contribution in [-0.2, 0) is 0 Å². The lowest BCUT2D eigenvalue weighted by Gasteiger charge is -2.37. The van der Waals surface area contributed by atoms with Gasteiger partial charge in [0.1, 0.15) is 0 Å². The maximum atomic E-state index is 12.8. The standard InChI is InChI=1S/C18H15NO2/c1-2-19-16-12-8-4-5-9-13(12)17(20)15(16)11-7-3-6-10-14(11)18(19)21/h3-10,15-16H,2H2,1H3. The molecular weight excluding hydrogens is 262 g/mol. The molecule has 0 spiro atoms. The fourth-order valence-corrected chi connectivity index (χ4v) is 3.71. The second-order valence-electron chi connectivity index (χ2n) is 5.55. The molecule has 2 atom stereocenters. The Hall–Kier alpha value is -2.42. The van der Waals surface area contributed by atoms with E-state index >= 15 is 0 Å². The first-order valence-corrected chi connectivity index (χ1v) is 7.27. The summed E-state index contributed by atoms with van der Waals surface area (Å²) >= 11 is 0. The number of ketones is 1. The highest BCUT2D eigenvalue weighted by Gasteiger charge is 2.49. The minimum absolute atomic E-state index is 0.0267. The summed E-state index contributed by atoms with van der Waals surface area (Å²) in [6.07, 6.45) is 0. The molecule has 4 rings (SSSR count). The maximum Gasteiger partial charge on any atom is 0.254 e. The van der Waals surface area contributed by atoms with Crippen LogP contribution in [0.3, 0.4) is 0 Å². The van der Waals surface area contributed by atoms with Gasteiger partial charge in [-0.3, -0.25) is 9.59 Å². The Morgan fingerprint density at radius 2 is 1.52 bits per heavy atom. The lowest BCUT2D eigenvalue weighted by Crippen LogP contribution is -2.41. The van der Waals surface area contributed by atoms with E-state index in [9.17, 15) is 9.59 Å². The molecule has 1 amide bonds. The molecule has 2 aromatic rings. The van der Waals surface area contributed by atoms with E-state index in [1.807, 2.05) is 60.4 Å². The van der Waals surface area contributed by atoms with Gasteiger partial charge in [-0.05, 0) is 24.1 Å². The van der Waals surface area contributed by atoms with Gasteiger partial charge in [-0.1, -0.05) is 42.5 Å². The number of amides is 1. The molecule has 0 fully saturated rings. The van der Waals surface area contributed by atoms with E-state index in [0.29, 0.717) is 12.1 Å². The van der Waals surface area contributed by atoms with Crippen LogP contribution in [0.2, 0.25) is 0 Å². The molecule has 1 heterocycles. The highest BCUT2D eigenvalue weighted by atomic mass is 16.2. The van der Waals surface area contributed by atoms with Gasteiger partial charge in [-0.25, -0.2) is 0 Å². The predicted molar refractivity (Wildman–Crippen MR) is 79.4 cm³/mol. The number of nitrogens with zero attached hydrogens (tertiary/aromatic N) is 1. The molecule has 0 bridgehead atoms. The number of hydrogen-bond donors (Lipinski definition) is 0. The van der Waals surface area contributed by atoms with Crippen molar-refractivity contribution in [3.8, 4) is 0 Å². The SMILES string of the molecule is CCN1C(=O)c2ccccc2C2C(=O)c3ccccc3C21. The molecule has 2 aliphatic rings. The van der Waals surface area contributed by atoms with Crippen LogP contribution in [0.1, 0.15) is 50.7 Å². The molecule has 3 heteroatoms. The van der Waals surface area contributed by atoms with Crippen LogP contribution >= 0.6 is 0 Å². The van der Waals surface area contributed by atoms with Gasteiger partial charge in [-0.2, -0.15) is 0 Å². The number of benzene rings is 2. The van der Waals surface area contributed by atoms with Gasteiger partial charge in [0.2, 0.25) is 0 Å². The molecule has 0 saturated heterocycles. The zero-order valence-electron chi connectivity index (χ0n) is 11.7. The molecule has 21 heavy (non-hydrogen) atoms. The minimum atomic E-state index is -0.253. The van der Waals surface area contributed by atoms with E-state index in [0.717, 1.165) is 16.7 Å². The zero-order valence-corrected chi connectivity index (χ0v) is 11.7. The summed E-state index contributed by atoms with van der Waals surface area (Å²) in [7, 11) is 0. The normalized spacial score (nSPS) is 22.8. The number of rotatable bonds is 1. The van der Waals surface area contributed by atoms with Crippen molar-refractivity contribution in [1.29, 1.82) is 0 Å². The summed E-state index contributed by atoms with van der Waals surface area (Å²) in [4.78, 5) is 27.4. The molecule has 2 aromatic carbocycles. The lowest BCUT2D eigenvalue weighted by atomic mass is 9.83. The minimum Gasteiger partial charge on any atom is -0.331 e. The van der Waals surface area contributed by atoms with Crippen LogP contribution in [0.4, 0.5) is 0 Å². The first-order valence-electron chi connectivity index (χ1n) is 7.27. The summed E-state index contributed by atoms with van der Waals surface area (Å²) in [5.74, 6) is -0.0934. The Kier molecular flexibility index (Phi) is 2.52. The topological polar surface area (TPSA) is 37.4 Å². The summed E-state index contributed by atoms with van der Waals surface area (Å²) in [6.45, 7) is 2.57. The monoisotopic (exact) mass is 277 g/mol. The number of carbonyl (C=O) groups excluding carboxylic acids is 2. The van der Waals surface area contributed by atoms with Crippen molar-refractivity contribution in [2.75, 3.05) is 6.54 Å². The van der Waals surface area contributed by atoms with Gasteiger partial charge in [0.25, 0.3) is 5.91 Å². The second kappa shape index (κ2) is 4.29. The molecule has 0 N–H and O–H groups in total. The Morgan fingerprint density at radius 3 is 2.24 bits per heavy atom. The number of likely N-dealkylation sites (N-methyl/N-ethyl adjacent to an activating group) is 1. The van der Waals surface area contributed by atoms with Crippen LogP contribution in [0.25, 0.3) is 0 Å². The Balaban J connectivity index is 2.00. The molecule has 3 nitrogen and oxygen atoms in total. The van der Waals surface area contributed by atoms with Crippen molar-refractivity contribution in [2.45, 2.75) is 18.9 Å². The third kappa shape index (κ3) is 1.49. The van der Waals surface area contributed by atoms with Crippen molar-refractivity contribution in [1.82, 2.24) is 4.90 Å². The van der Waals surface area contributed by atoms with Crippen LogP contribution in [0, 0.1) is 0 Å². The van der Waals surface area contributed by atoms with Crippen molar-refractivity contribution < 1.29 is 9.59 Å². The number of fused-ring (bicyclic) bond motifs is 5. The first kappa shape index (κ1) is 12.3. The molecular formula is C18H15NO2. The Morgan fingerprint density at radius 1 is 0.905 bits per heavy atom. The maximum absolute atomic E-state index is 12.8. The third-order valence-electron chi connectivity index (χ3n) is 4.61. The van der Waals surface area contributed by atoms with Gasteiger partial charge >= 0.3 is 0 Å². The van der Waals surface area contributed by atoms with E-state index in [-0.39, 0.29) is 23.7 Å². The first-order chi connectivity index (χ1) is 10.2. The highest BCUT2D eigenvalue weighted by Crippen LogP contribution is 2.49. The van der Waals surface area contributed by atoms with Crippen molar-refractivity contribution in [3.05, 3.63) is 70.8 Å². The smallest absolute Gasteiger partial charge is 0.254 e. The summed E-state index contributed by atoms with van der Waals surface area (Å²) in [5.41, 5.74) is 3.29. The average Bonchev–Trinajstić information content (AvgIpc) is 2.82. The Bertz CT molecular complexity index is 765. The van der Waals surface area contributed by atoms with Crippen LogP contribution in [0.15, 0.2) is 48.5 Å². The van der Waals surface area contributed by atoms with E-state index < -0.39 is 0 Å². The summed E-state index contributed by atoms with van der Waals surface area (Å²) < 4.78 is 0. The van der Waals surface area contributed by atoms with E-state index in [1.54, 1.807) is 0 Å². The average molecular weight is 277 g/mol. The predicted octanol–water partition coefficient (Wildman–Crippen LogP) is 3.18. The summed E-state index contributed by atoms with van der Waals surface area (Å²) in [5, 5.41) is 0. The number of hydrogen-bond acceptors (Lipinski definition) is 2. The fourth-order valence-electron chi connectivity index (χ4n) is 3.71. The largest absolute Gasteiger partial charge is 0.331 e. The van der Waals surface area contributed by atoms with Gasteiger partial charge in [0.15, 0.2) is 5.78 Å². The molecule has 2 unspecified atom stereocenters. The number of carbonyl (C=O) groups is 2. The molecule has 0 aromatic heterocycles. The molecule has 104 valence electrons. The fraction of sp³-hybridized carbons (Fsp3) is 0.222. The lowest BCUT2D eigenvalue weighted by molar-refractivity contribution is 0.0621. The van der Waals surface area contributed by atoms with Gasteiger partial charge in [0, 0.05) is 17.7 Å². The molecule has 1 aliphatic carbocycles. The third-order valence-corrected chi connectivity index (χ3v) is 4.61. The van der Waals surface area contributed by atoms with Gasteiger partial charge in [0.05, 0.1) is 12.0 Å². The van der Waals surface area contributed by atoms with Crippen LogP contribution in [0.5, 0.6) is 0 Å². The Labute approximate surface area is 123 Å². The molecule has 0 radical (unpaired) electrons. The van der Waals surface area contributed by atoms with Crippen molar-refractivity contribution in [3.63, 3.8) is 0 Å². The van der Waals surface area contributed by atoms with E-state index in [1.165, 1.54) is 0 Å². The van der Waals surface area contributed by atoms with E-state index in [2.05, 4.69) is 0 Å². The molecule has 0 saturated carbocycles. The highest BCUT2D eigenvalue weighted by molar-refractivity contribution is 6.10. The van der Waals surface area contributed by atoms with Gasteiger partial charge in [-0.15, -0.1) is 0 Å². The van der Waals surface area contributed by atoms with Crippen LogP contribution in [-0.4, -0.2) is 23.1 Å². The zero-order chi connectivity index (χ0) is 14.6. The van der Waals surface area contributed by atoms with Crippen molar-refractivity contribution >= 4 is 11.7 Å². The molecule has 1 aliphatic heterocycles. The second-order valence-corrected chi connectivity index (χ2v) is 5.55. The van der Waals surface area contributed by atoms with Crippen molar-refractivity contribution in [2.24, 2.45) is 0 Å². The van der Waals surface area contributed by atoms with Gasteiger partial charge < -0.3 is 4.90 Å².